The lowest BCUT2D eigenvalue weighted by atomic mass is 9.98. The summed E-state index contributed by atoms with van der Waals surface area (Å²) in [5.74, 6) is -1.48. The molecule has 0 fully saturated rings. The molecule has 0 radical (unpaired) electrons. The number of nitrogens with one attached hydrogen (secondary N) is 1. The Morgan fingerprint density at radius 1 is 1.36 bits per heavy atom. The van der Waals surface area contributed by atoms with Crippen LogP contribution in [-0.2, 0) is 14.8 Å². The van der Waals surface area contributed by atoms with Crippen LogP contribution in [0.3, 0.4) is 0 Å². The van der Waals surface area contributed by atoms with E-state index < -0.39 is 27.4 Å². The smallest absolute Gasteiger partial charge is 0.303 e. The molecule has 0 aliphatic heterocycles. The van der Waals surface area contributed by atoms with Gasteiger partial charge in [-0.05, 0) is 20.3 Å². The van der Waals surface area contributed by atoms with Gasteiger partial charge < -0.3 is 14.8 Å². The van der Waals surface area contributed by atoms with E-state index in [1.165, 1.54) is 14.1 Å². The van der Waals surface area contributed by atoms with E-state index in [0.717, 1.165) is 16.6 Å². The third kappa shape index (κ3) is 4.57. The van der Waals surface area contributed by atoms with Crippen molar-refractivity contribution >= 4 is 21.9 Å². The topological polar surface area (TPSA) is 117 Å². The number of amides is 1. The van der Waals surface area contributed by atoms with Gasteiger partial charge in [-0.1, -0.05) is 0 Å². The van der Waals surface area contributed by atoms with Gasteiger partial charge in [0.15, 0.2) is 0 Å². The van der Waals surface area contributed by atoms with Crippen molar-refractivity contribution in [1.82, 2.24) is 9.62 Å². The largest absolute Gasteiger partial charge is 0.481 e. The van der Waals surface area contributed by atoms with Crippen LogP contribution in [0.25, 0.3) is 0 Å². The molecule has 124 valence electrons. The van der Waals surface area contributed by atoms with E-state index in [0.29, 0.717) is 0 Å². The van der Waals surface area contributed by atoms with Gasteiger partial charge in [-0.15, -0.1) is 0 Å². The summed E-state index contributed by atoms with van der Waals surface area (Å²) in [7, 11) is -1.04. The average Bonchev–Trinajstić information content (AvgIpc) is 2.86. The second kappa shape index (κ2) is 6.49. The Kier molecular flexibility index (Phi) is 5.36. The number of carboxylic acids is 1. The number of rotatable bonds is 7. The summed E-state index contributed by atoms with van der Waals surface area (Å²) < 4.78 is 29.6. The first kappa shape index (κ1) is 18.2. The maximum Gasteiger partial charge on any atom is 0.303 e. The molecule has 8 nitrogen and oxygen atoms in total. The summed E-state index contributed by atoms with van der Waals surface area (Å²) in [5, 5.41) is 11.0. The normalized spacial score (nSPS) is 12.4. The number of aliphatic carboxylic acids is 1. The summed E-state index contributed by atoms with van der Waals surface area (Å²) in [6.45, 7) is 3.37. The van der Waals surface area contributed by atoms with Gasteiger partial charge in [0.2, 0.25) is 5.09 Å². The highest BCUT2D eigenvalue weighted by Gasteiger charge is 2.26. The standard InChI is InChI=1S/C13H20N2O6S/c1-13(2,6-5-10(16)17)14-12(18)9-7-11(21-8-9)22(19,20)15(3)4/h7-8H,5-6H2,1-4H3,(H,14,18)(H,16,17). The monoisotopic (exact) mass is 332 g/mol. The predicted octanol–water partition coefficient (Wildman–Crippen LogP) is 0.903. The van der Waals surface area contributed by atoms with E-state index in [-0.39, 0.29) is 23.5 Å². The number of hydrogen-bond acceptors (Lipinski definition) is 5. The van der Waals surface area contributed by atoms with Crippen LogP contribution in [0.2, 0.25) is 0 Å². The van der Waals surface area contributed by atoms with Crippen LogP contribution in [0.1, 0.15) is 37.0 Å². The molecule has 0 atom stereocenters. The van der Waals surface area contributed by atoms with E-state index in [2.05, 4.69) is 5.32 Å². The highest BCUT2D eigenvalue weighted by Crippen LogP contribution is 2.18. The lowest BCUT2D eigenvalue weighted by Gasteiger charge is -2.25. The van der Waals surface area contributed by atoms with Crippen molar-refractivity contribution in [2.45, 2.75) is 37.3 Å². The molecule has 0 aliphatic carbocycles. The van der Waals surface area contributed by atoms with Crippen molar-refractivity contribution in [1.29, 1.82) is 0 Å². The summed E-state index contributed by atoms with van der Waals surface area (Å²) in [6.07, 6.45) is 1.21. The molecule has 0 bridgehead atoms. The number of furan rings is 1. The van der Waals surface area contributed by atoms with E-state index in [1.807, 2.05) is 0 Å². The van der Waals surface area contributed by atoms with Crippen LogP contribution in [0.15, 0.2) is 21.8 Å². The lowest BCUT2D eigenvalue weighted by molar-refractivity contribution is -0.137. The number of hydrogen-bond donors (Lipinski definition) is 2. The van der Waals surface area contributed by atoms with Crippen molar-refractivity contribution in [3.63, 3.8) is 0 Å². The Hall–Kier alpha value is -1.87. The molecule has 0 aliphatic rings. The maximum absolute atomic E-state index is 12.1. The van der Waals surface area contributed by atoms with E-state index >= 15 is 0 Å². The molecule has 0 saturated carbocycles. The van der Waals surface area contributed by atoms with Gasteiger partial charge in [0.1, 0.15) is 6.26 Å². The first-order chi connectivity index (χ1) is 9.95. The summed E-state index contributed by atoms with van der Waals surface area (Å²) in [4.78, 5) is 22.7. The minimum absolute atomic E-state index is 0.0591. The first-order valence-corrected chi connectivity index (χ1v) is 7.95. The first-order valence-electron chi connectivity index (χ1n) is 6.51. The molecule has 2 N–H and O–H groups in total. The number of carbonyl (C=O) groups excluding carboxylic acids is 1. The van der Waals surface area contributed by atoms with Crippen molar-refractivity contribution in [3.8, 4) is 0 Å². The highest BCUT2D eigenvalue weighted by atomic mass is 32.2. The van der Waals surface area contributed by atoms with E-state index in [4.69, 9.17) is 9.52 Å². The summed E-state index contributed by atoms with van der Waals surface area (Å²) >= 11 is 0. The van der Waals surface area contributed by atoms with Crippen molar-refractivity contribution in [2.24, 2.45) is 0 Å². The Labute approximate surface area is 129 Å². The van der Waals surface area contributed by atoms with Crippen LogP contribution in [0, 0.1) is 0 Å². The minimum atomic E-state index is -3.75. The SMILES string of the molecule is CN(C)S(=O)(=O)c1cc(C(=O)NC(C)(C)CCC(=O)O)co1. The van der Waals surface area contributed by atoms with Gasteiger partial charge in [-0.25, -0.2) is 12.7 Å². The molecule has 9 heteroatoms. The molecule has 1 amide bonds. The zero-order valence-electron chi connectivity index (χ0n) is 12.9. The fraction of sp³-hybridized carbons (Fsp3) is 0.538. The third-order valence-corrected chi connectivity index (χ3v) is 4.67. The Bertz CT molecular complexity index is 660. The summed E-state index contributed by atoms with van der Waals surface area (Å²) in [5.41, 5.74) is -0.684. The van der Waals surface area contributed by atoms with Gasteiger partial charge in [-0.2, -0.15) is 0 Å². The molecular formula is C13H20N2O6S. The third-order valence-electron chi connectivity index (χ3n) is 2.99. The molecule has 1 rings (SSSR count). The number of carboxylic acid groups (broad SMARTS) is 1. The molecule has 1 heterocycles. The number of sulfonamides is 1. The second-order valence-corrected chi connectivity index (χ2v) is 7.76. The molecular weight excluding hydrogens is 312 g/mol. The highest BCUT2D eigenvalue weighted by molar-refractivity contribution is 7.88. The molecule has 22 heavy (non-hydrogen) atoms. The molecule has 1 aromatic rings. The van der Waals surface area contributed by atoms with Gasteiger partial charge in [0, 0.05) is 32.1 Å². The van der Waals surface area contributed by atoms with Gasteiger partial charge in [-0.3, -0.25) is 9.59 Å². The van der Waals surface area contributed by atoms with Crippen LogP contribution in [0.4, 0.5) is 0 Å². The van der Waals surface area contributed by atoms with E-state index in [1.54, 1.807) is 13.8 Å². The Morgan fingerprint density at radius 2 is 1.95 bits per heavy atom. The Morgan fingerprint density at radius 3 is 2.45 bits per heavy atom. The van der Waals surface area contributed by atoms with Crippen LogP contribution in [0.5, 0.6) is 0 Å². The van der Waals surface area contributed by atoms with Crippen LogP contribution < -0.4 is 5.32 Å². The van der Waals surface area contributed by atoms with Crippen molar-refractivity contribution < 1.29 is 27.5 Å². The molecule has 1 aromatic heterocycles. The maximum atomic E-state index is 12.1. The zero-order chi connectivity index (χ0) is 17.1. The summed E-state index contributed by atoms with van der Waals surface area (Å²) in [6, 6.07) is 1.14. The van der Waals surface area contributed by atoms with Crippen LogP contribution in [-0.4, -0.2) is 49.3 Å². The molecule has 0 aromatic carbocycles. The average molecular weight is 332 g/mol. The molecule has 0 saturated heterocycles. The molecule has 0 spiro atoms. The minimum Gasteiger partial charge on any atom is -0.481 e. The number of carbonyl (C=O) groups is 2. The van der Waals surface area contributed by atoms with Gasteiger partial charge in [0.05, 0.1) is 5.56 Å². The predicted molar refractivity (Wildman–Crippen MR) is 78.0 cm³/mol. The Balaban J connectivity index is 2.84. The fourth-order valence-corrected chi connectivity index (χ4v) is 2.42. The quantitative estimate of drug-likeness (QED) is 0.766. The second-order valence-electron chi connectivity index (χ2n) is 5.67. The fourth-order valence-electron chi connectivity index (χ4n) is 1.61. The lowest BCUT2D eigenvalue weighted by Crippen LogP contribution is -2.43. The molecule has 0 unspecified atom stereocenters. The van der Waals surface area contributed by atoms with Crippen LogP contribution >= 0.6 is 0 Å². The van der Waals surface area contributed by atoms with Gasteiger partial charge in [0.25, 0.3) is 15.9 Å². The zero-order valence-corrected chi connectivity index (χ0v) is 13.7. The van der Waals surface area contributed by atoms with Crippen molar-refractivity contribution in [3.05, 3.63) is 17.9 Å². The van der Waals surface area contributed by atoms with Crippen molar-refractivity contribution in [2.75, 3.05) is 14.1 Å². The van der Waals surface area contributed by atoms with Gasteiger partial charge >= 0.3 is 5.97 Å². The number of nitrogens with zero attached hydrogens (tertiary/aromatic N) is 1. The van der Waals surface area contributed by atoms with E-state index in [9.17, 15) is 18.0 Å².